The number of pyridine rings is 1. The number of fused-ring (bicyclic) bond motifs is 2. The fourth-order valence-electron chi connectivity index (χ4n) is 4.02. The van der Waals surface area contributed by atoms with Gasteiger partial charge in [-0.1, -0.05) is 12.1 Å². The topological polar surface area (TPSA) is 67.6 Å². The van der Waals surface area contributed by atoms with Crippen LogP contribution < -0.4 is 4.31 Å². The van der Waals surface area contributed by atoms with Gasteiger partial charge >= 0.3 is 0 Å². The Morgan fingerprint density at radius 1 is 1.21 bits per heavy atom. The number of aromatic nitrogens is 3. The molecule has 3 aromatic heterocycles. The van der Waals surface area contributed by atoms with Crippen LogP contribution in [0.15, 0.2) is 54.2 Å². The Balaban J connectivity index is 1.42. The third-order valence-electron chi connectivity index (χ3n) is 5.18. The van der Waals surface area contributed by atoms with Gasteiger partial charge in [0.25, 0.3) is 0 Å². The number of rotatable bonds is 4. The second kappa shape index (κ2) is 6.67. The minimum Gasteiger partial charge on any atom is -0.307 e. The van der Waals surface area contributed by atoms with Crippen molar-refractivity contribution in [3.05, 3.63) is 70.4 Å². The predicted molar refractivity (Wildman–Crippen MR) is 116 cm³/mol. The molecule has 5 rings (SSSR count). The van der Waals surface area contributed by atoms with Gasteiger partial charge in [-0.25, -0.2) is 18.4 Å². The van der Waals surface area contributed by atoms with Crippen molar-refractivity contribution >= 4 is 32.7 Å². The number of anilines is 1. The molecule has 1 aromatic carbocycles. The molecule has 0 radical (unpaired) electrons. The van der Waals surface area contributed by atoms with Crippen LogP contribution in [0.4, 0.5) is 5.69 Å². The van der Waals surface area contributed by atoms with Crippen LogP contribution in [0.25, 0.3) is 16.9 Å². The zero-order chi connectivity index (χ0) is 20.2. The van der Waals surface area contributed by atoms with Crippen LogP contribution in [-0.4, -0.2) is 35.1 Å². The van der Waals surface area contributed by atoms with Crippen molar-refractivity contribution in [2.45, 2.75) is 25.8 Å². The zero-order valence-corrected chi connectivity index (χ0v) is 17.7. The summed E-state index contributed by atoms with van der Waals surface area (Å²) in [5.41, 5.74) is 5.69. The van der Waals surface area contributed by atoms with Crippen LogP contribution in [0.3, 0.4) is 0 Å². The molecular formula is C21H20N4O2S2. The van der Waals surface area contributed by atoms with Gasteiger partial charge < -0.3 is 4.40 Å². The number of hydrogen-bond donors (Lipinski definition) is 0. The van der Waals surface area contributed by atoms with E-state index in [1.165, 1.54) is 10.6 Å². The molecule has 0 saturated carbocycles. The van der Waals surface area contributed by atoms with E-state index in [9.17, 15) is 8.42 Å². The molecule has 0 N–H and O–H groups in total. The first-order valence-electron chi connectivity index (χ1n) is 9.38. The fourth-order valence-corrected chi connectivity index (χ4v) is 6.10. The third-order valence-corrected chi connectivity index (χ3v) is 7.30. The summed E-state index contributed by atoms with van der Waals surface area (Å²) < 4.78 is 27.8. The largest absolute Gasteiger partial charge is 0.307 e. The van der Waals surface area contributed by atoms with Crippen molar-refractivity contribution in [1.82, 2.24) is 14.4 Å². The second-order valence-corrected chi connectivity index (χ2v) is 10.3. The first-order valence-corrected chi connectivity index (χ1v) is 12.1. The highest BCUT2D eigenvalue weighted by molar-refractivity contribution is 7.92. The van der Waals surface area contributed by atoms with E-state index < -0.39 is 10.0 Å². The lowest BCUT2D eigenvalue weighted by Crippen LogP contribution is -2.34. The molecule has 29 heavy (non-hydrogen) atoms. The van der Waals surface area contributed by atoms with Gasteiger partial charge in [0.1, 0.15) is 5.65 Å². The summed E-state index contributed by atoms with van der Waals surface area (Å²) in [6.45, 7) is 1.94. The van der Waals surface area contributed by atoms with Crippen molar-refractivity contribution in [1.29, 1.82) is 0 Å². The highest BCUT2D eigenvalue weighted by atomic mass is 32.2. The quantitative estimate of drug-likeness (QED) is 0.500. The van der Waals surface area contributed by atoms with Crippen LogP contribution in [0.2, 0.25) is 0 Å². The molecule has 4 aromatic rings. The molecule has 6 nitrogen and oxygen atoms in total. The van der Waals surface area contributed by atoms with E-state index in [1.54, 1.807) is 11.3 Å². The number of benzene rings is 1. The molecule has 148 valence electrons. The van der Waals surface area contributed by atoms with Gasteiger partial charge in [0.2, 0.25) is 10.0 Å². The summed E-state index contributed by atoms with van der Waals surface area (Å²) in [4.78, 5) is 9.44. The molecule has 1 aliphatic heterocycles. The van der Waals surface area contributed by atoms with Gasteiger partial charge in [-0.2, -0.15) is 0 Å². The van der Waals surface area contributed by atoms with E-state index in [0.29, 0.717) is 12.8 Å². The summed E-state index contributed by atoms with van der Waals surface area (Å²) in [6, 6.07) is 11.8. The number of nitrogens with zero attached hydrogens (tertiary/aromatic N) is 4. The first kappa shape index (κ1) is 18.3. The molecule has 0 fully saturated rings. The second-order valence-electron chi connectivity index (χ2n) is 7.46. The SMILES string of the molecule is C[C@@H]1Cc2cc(-c3csc(Cc4cn5ccccc5n4)n3)ccc2N1S(C)(=O)=O. The predicted octanol–water partition coefficient (Wildman–Crippen LogP) is 3.76. The van der Waals surface area contributed by atoms with Crippen molar-refractivity contribution < 1.29 is 8.42 Å². The van der Waals surface area contributed by atoms with E-state index in [1.807, 2.05) is 54.0 Å². The molecule has 1 aliphatic rings. The van der Waals surface area contributed by atoms with E-state index >= 15 is 0 Å². The molecule has 0 saturated heterocycles. The molecule has 8 heteroatoms. The molecule has 4 heterocycles. The van der Waals surface area contributed by atoms with Crippen molar-refractivity contribution in [2.75, 3.05) is 10.6 Å². The smallest absolute Gasteiger partial charge is 0.232 e. The lowest BCUT2D eigenvalue weighted by Gasteiger charge is -2.21. The molecule has 0 bridgehead atoms. The van der Waals surface area contributed by atoms with Crippen LogP contribution in [0.1, 0.15) is 23.2 Å². The van der Waals surface area contributed by atoms with E-state index in [-0.39, 0.29) is 6.04 Å². The Hall–Kier alpha value is -2.71. The van der Waals surface area contributed by atoms with E-state index in [2.05, 4.69) is 16.4 Å². The van der Waals surface area contributed by atoms with E-state index in [0.717, 1.165) is 38.9 Å². The molecule has 1 atom stereocenters. The van der Waals surface area contributed by atoms with Gasteiger partial charge in [0.05, 0.1) is 28.3 Å². The minimum atomic E-state index is -3.27. The van der Waals surface area contributed by atoms with Crippen LogP contribution >= 0.6 is 11.3 Å². The van der Waals surface area contributed by atoms with Crippen LogP contribution in [0, 0.1) is 0 Å². The Bertz CT molecular complexity index is 1290. The molecular weight excluding hydrogens is 404 g/mol. The maximum Gasteiger partial charge on any atom is 0.232 e. The standard InChI is InChI=1S/C21H20N4O2S2/c1-14-9-16-10-15(6-7-19(16)25(14)29(2,26)27)18-13-28-21(23-18)11-17-12-24-8-4-3-5-20(24)22-17/h3-8,10,12-14H,9,11H2,1-2H3/t14-/m1/s1. The van der Waals surface area contributed by atoms with Crippen LogP contribution in [-0.2, 0) is 22.9 Å². The molecule has 0 unspecified atom stereocenters. The number of thiazole rings is 1. The van der Waals surface area contributed by atoms with Gasteiger partial charge in [-0.05, 0) is 43.2 Å². The van der Waals surface area contributed by atoms with Gasteiger partial charge in [-0.15, -0.1) is 11.3 Å². The Morgan fingerprint density at radius 2 is 2.07 bits per heavy atom. The van der Waals surface area contributed by atoms with Gasteiger partial charge in [0.15, 0.2) is 0 Å². The van der Waals surface area contributed by atoms with Crippen molar-refractivity contribution in [2.24, 2.45) is 0 Å². The maximum absolute atomic E-state index is 12.1. The Kier molecular flexibility index (Phi) is 4.22. The lowest BCUT2D eigenvalue weighted by atomic mass is 10.1. The van der Waals surface area contributed by atoms with Gasteiger partial charge in [0, 0.05) is 35.8 Å². The number of imidazole rings is 1. The van der Waals surface area contributed by atoms with Gasteiger partial charge in [-0.3, -0.25) is 4.31 Å². The zero-order valence-electron chi connectivity index (χ0n) is 16.1. The summed E-state index contributed by atoms with van der Waals surface area (Å²) in [5.74, 6) is 0. The average Bonchev–Trinajstić information content (AvgIpc) is 3.35. The van der Waals surface area contributed by atoms with E-state index in [4.69, 9.17) is 4.98 Å². The maximum atomic E-state index is 12.1. The summed E-state index contributed by atoms with van der Waals surface area (Å²) in [7, 11) is -3.27. The van der Waals surface area contributed by atoms with Crippen molar-refractivity contribution in [3.8, 4) is 11.3 Å². The molecule has 0 spiro atoms. The normalized spacial score (nSPS) is 16.5. The highest BCUT2D eigenvalue weighted by Gasteiger charge is 2.32. The summed E-state index contributed by atoms with van der Waals surface area (Å²) in [6.07, 6.45) is 6.70. The minimum absolute atomic E-state index is 0.0590. The average molecular weight is 425 g/mol. The number of sulfonamides is 1. The molecule has 0 amide bonds. The monoisotopic (exact) mass is 424 g/mol. The highest BCUT2D eigenvalue weighted by Crippen LogP contribution is 2.37. The Labute approximate surface area is 173 Å². The first-order chi connectivity index (χ1) is 13.9. The number of hydrogen-bond acceptors (Lipinski definition) is 5. The van der Waals surface area contributed by atoms with Crippen LogP contribution in [0.5, 0.6) is 0 Å². The fraction of sp³-hybridized carbons (Fsp3) is 0.238. The Morgan fingerprint density at radius 3 is 2.86 bits per heavy atom. The lowest BCUT2D eigenvalue weighted by molar-refractivity contribution is 0.590. The summed E-state index contributed by atoms with van der Waals surface area (Å²) in [5, 5.41) is 3.06. The summed E-state index contributed by atoms with van der Waals surface area (Å²) >= 11 is 1.62. The third kappa shape index (κ3) is 3.32. The van der Waals surface area contributed by atoms with Crippen molar-refractivity contribution in [3.63, 3.8) is 0 Å². The molecule has 0 aliphatic carbocycles.